The zero-order valence-corrected chi connectivity index (χ0v) is 9.91. The average Bonchev–Trinajstić information content (AvgIpc) is 2.31. The number of hydrogen-bond acceptors (Lipinski definition) is 3. The van der Waals surface area contributed by atoms with Crippen LogP contribution >= 0.6 is 0 Å². The van der Waals surface area contributed by atoms with Crippen molar-refractivity contribution in [1.29, 1.82) is 0 Å². The molecule has 0 fully saturated rings. The normalized spacial score (nSPS) is 11.8. The molecule has 1 aromatic carbocycles. The summed E-state index contributed by atoms with van der Waals surface area (Å²) in [6.07, 6.45) is 0. The van der Waals surface area contributed by atoms with Crippen LogP contribution in [0.3, 0.4) is 0 Å². The maximum Gasteiger partial charge on any atom is 0.328 e. The van der Waals surface area contributed by atoms with Crippen molar-refractivity contribution in [3.05, 3.63) is 35.1 Å². The standard InChI is InChI=1S/C12H14FNO3/c1-7-5-4-6-9(10(7)13)11(15)14-8(2)12(16)17-3/h4-6,8H,1-3H3,(H,14,15)/t8-/m0/s1. The Hall–Kier alpha value is -1.91. The molecule has 5 heteroatoms. The molecule has 1 N–H and O–H groups in total. The summed E-state index contributed by atoms with van der Waals surface area (Å²) in [7, 11) is 1.22. The zero-order chi connectivity index (χ0) is 13.0. The second-order valence-electron chi connectivity index (χ2n) is 3.65. The molecule has 1 atom stereocenters. The van der Waals surface area contributed by atoms with Crippen LogP contribution in [0.1, 0.15) is 22.8 Å². The number of rotatable bonds is 3. The van der Waals surface area contributed by atoms with E-state index in [9.17, 15) is 14.0 Å². The largest absolute Gasteiger partial charge is 0.467 e. The molecule has 0 aromatic heterocycles. The number of carbonyl (C=O) groups is 2. The van der Waals surface area contributed by atoms with Crippen molar-refractivity contribution in [2.24, 2.45) is 0 Å². The Morgan fingerprint density at radius 2 is 2.06 bits per heavy atom. The first-order chi connectivity index (χ1) is 7.97. The number of ether oxygens (including phenoxy) is 1. The molecule has 0 spiro atoms. The summed E-state index contributed by atoms with van der Waals surface area (Å²) in [5.41, 5.74) is 0.295. The third kappa shape index (κ3) is 3.03. The zero-order valence-electron chi connectivity index (χ0n) is 9.91. The topological polar surface area (TPSA) is 55.4 Å². The van der Waals surface area contributed by atoms with Crippen LogP contribution in [-0.2, 0) is 9.53 Å². The SMILES string of the molecule is COC(=O)[C@H](C)NC(=O)c1cccc(C)c1F. The van der Waals surface area contributed by atoms with Gasteiger partial charge >= 0.3 is 5.97 Å². The van der Waals surface area contributed by atoms with Crippen LogP contribution in [0.2, 0.25) is 0 Å². The molecular weight excluding hydrogens is 225 g/mol. The van der Waals surface area contributed by atoms with Gasteiger partial charge in [-0.25, -0.2) is 9.18 Å². The van der Waals surface area contributed by atoms with E-state index in [0.717, 1.165) is 0 Å². The summed E-state index contributed by atoms with van der Waals surface area (Å²) in [4.78, 5) is 22.8. The van der Waals surface area contributed by atoms with Crippen LogP contribution in [0, 0.1) is 12.7 Å². The van der Waals surface area contributed by atoms with Gasteiger partial charge in [0.05, 0.1) is 12.7 Å². The Balaban J connectivity index is 2.84. The van der Waals surface area contributed by atoms with E-state index in [-0.39, 0.29) is 5.56 Å². The smallest absolute Gasteiger partial charge is 0.328 e. The molecule has 1 rings (SSSR count). The van der Waals surface area contributed by atoms with E-state index in [1.165, 1.54) is 20.1 Å². The van der Waals surface area contributed by atoms with Crippen molar-refractivity contribution in [2.75, 3.05) is 7.11 Å². The number of nitrogens with one attached hydrogen (secondary N) is 1. The number of hydrogen-bond donors (Lipinski definition) is 1. The molecule has 1 aromatic rings. The molecule has 0 bridgehead atoms. The van der Waals surface area contributed by atoms with Crippen molar-refractivity contribution >= 4 is 11.9 Å². The number of aryl methyl sites for hydroxylation is 1. The number of carbonyl (C=O) groups excluding carboxylic acids is 2. The number of benzene rings is 1. The van der Waals surface area contributed by atoms with Crippen molar-refractivity contribution in [3.8, 4) is 0 Å². The molecule has 0 saturated carbocycles. The van der Waals surface area contributed by atoms with Crippen LogP contribution in [-0.4, -0.2) is 25.0 Å². The van der Waals surface area contributed by atoms with E-state index < -0.39 is 23.7 Å². The molecule has 1 amide bonds. The first kappa shape index (κ1) is 13.2. The van der Waals surface area contributed by atoms with E-state index in [1.54, 1.807) is 19.1 Å². The highest BCUT2D eigenvalue weighted by molar-refractivity contribution is 5.97. The molecule has 4 nitrogen and oxygen atoms in total. The summed E-state index contributed by atoms with van der Waals surface area (Å²) in [5, 5.41) is 2.36. The summed E-state index contributed by atoms with van der Waals surface area (Å²) in [6, 6.07) is 3.70. The van der Waals surface area contributed by atoms with E-state index in [1.807, 2.05) is 0 Å². The lowest BCUT2D eigenvalue weighted by atomic mass is 10.1. The van der Waals surface area contributed by atoms with Gasteiger partial charge in [0, 0.05) is 0 Å². The minimum Gasteiger partial charge on any atom is -0.467 e. The summed E-state index contributed by atoms with van der Waals surface area (Å²) >= 11 is 0. The second kappa shape index (κ2) is 5.43. The number of halogens is 1. The Labute approximate surface area is 98.8 Å². The van der Waals surface area contributed by atoms with Gasteiger partial charge < -0.3 is 10.1 Å². The Kier molecular flexibility index (Phi) is 4.20. The molecule has 0 aliphatic heterocycles. The first-order valence-corrected chi connectivity index (χ1v) is 5.11. The van der Waals surface area contributed by atoms with Crippen molar-refractivity contribution in [1.82, 2.24) is 5.32 Å². The Morgan fingerprint density at radius 3 is 2.65 bits per heavy atom. The van der Waals surface area contributed by atoms with Crippen LogP contribution < -0.4 is 5.32 Å². The van der Waals surface area contributed by atoms with Gasteiger partial charge in [-0.05, 0) is 25.5 Å². The molecule has 0 radical (unpaired) electrons. The highest BCUT2D eigenvalue weighted by Gasteiger charge is 2.19. The summed E-state index contributed by atoms with van der Waals surface area (Å²) < 4.78 is 18.1. The third-order valence-corrected chi connectivity index (χ3v) is 2.34. The van der Waals surface area contributed by atoms with E-state index in [4.69, 9.17) is 0 Å². The summed E-state index contributed by atoms with van der Waals surface area (Å²) in [6.45, 7) is 3.04. The van der Waals surface area contributed by atoms with Crippen LogP contribution in [0.25, 0.3) is 0 Å². The lowest BCUT2D eigenvalue weighted by molar-refractivity contribution is -0.142. The molecule has 17 heavy (non-hydrogen) atoms. The minimum atomic E-state index is -0.813. The number of esters is 1. The Morgan fingerprint density at radius 1 is 1.41 bits per heavy atom. The van der Waals surface area contributed by atoms with Crippen molar-refractivity contribution in [3.63, 3.8) is 0 Å². The van der Waals surface area contributed by atoms with Gasteiger partial charge in [0.15, 0.2) is 0 Å². The van der Waals surface area contributed by atoms with Gasteiger partial charge in [-0.2, -0.15) is 0 Å². The van der Waals surface area contributed by atoms with Gasteiger partial charge in [0.2, 0.25) is 0 Å². The predicted molar refractivity (Wildman–Crippen MR) is 60.1 cm³/mol. The maximum absolute atomic E-state index is 13.6. The fourth-order valence-electron chi connectivity index (χ4n) is 1.33. The molecule has 0 unspecified atom stereocenters. The van der Waals surface area contributed by atoms with Crippen LogP contribution in [0.4, 0.5) is 4.39 Å². The van der Waals surface area contributed by atoms with Gasteiger partial charge in [-0.15, -0.1) is 0 Å². The lowest BCUT2D eigenvalue weighted by Crippen LogP contribution is -2.39. The maximum atomic E-state index is 13.6. The molecule has 92 valence electrons. The van der Waals surface area contributed by atoms with Gasteiger partial charge in [-0.3, -0.25) is 4.79 Å². The van der Waals surface area contributed by atoms with Crippen LogP contribution in [0.15, 0.2) is 18.2 Å². The van der Waals surface area contributed by atoms with E-state index in [0.29, 0.717) is 5.56 Å². The van der Waals surface area contributed by atoms with Gasteiger partial charge in [-0.1, -0.05) is 12.1 Å². The first-order valence-electron chi connectivity index (χ1n) is 5.11. The highest BCUT2D eigenvalue weighted by atomic mass is 19.1. The number of methoxy groups -OCH3 is 1. The molecule has 0 saturated heterocycles. The monoisotopic (exact) mass is 239 g/mol. The Bertz CT molecular complexity index is 445. The molecule has 0 aliphatic carbocycles. The lowest BCUT2D eigenvalue weighted by Gasteiger charge is -2.12. The van der Waals surface area contributed by atoms with Crippen molar-refractivity contribution in [2.45, 2.75) is 19.9 Å². The third-order valence-electron chi connectivity index (χ3n) is 2.34. The fourth-order valence-corrected chi connectivity index (χ4v) is 1.33. The second-order valence-corrected chi connectivity index (χ2v) is 3.65. The highest BCUT2D eigenvalue weighted by Crippen LogP contribution is 2.11. The molecular formula is C12H14FNO3. The minimum absolute atomic E-state index is 0.0826. The number of amides is 1. The van der Waals surface area contributed by atoms with Gasteiger partial charge in [0.1, 0.15) is 11.9 Å². The molecule has 0 heterocycles. The molecule has 0 aliphatic rings. The average molecular weight is 239 g/mol. The van der Waals surface area contributed by atoms with Crippen LogP contribution in [0.5, 0.6) is 0 Å². The fraction of sp³-hybridized carbons (Fsp3) is 0.333. The van der Waals surface area contributed by atoms with Gasteiger partial charge in [0.25, 0.3) is 5.91 Å². The van der Waals surface area contributed by atoms with E-state index >= 15 is 0 Å². The predicted octanol–water partition coefficient (Wildman–Crippen LogP) is 1.43. The quantitative estimate of drug-likeness (QED) is 0.812. The van der Waals surface area contributed by atoms with Crippen molar-refractivity contribution < 1.29 is 18.7 Å². The summed E-state index contributed by atoms with van der Waals surface area (Å²) in [5.74, 6) is -1.79. The van der Waals surface area contributed by atoms with E-state index in [2.05, 4.69) is 10.1 Å².